The van der Waals surface area contributed by atoms with E-state index in [9.17, 15) is 39.5 Å². The van der Waals surface area contributed by atoms with Gasteiger partial charge in [-0.05, 0) is 42.4 Å². The Kier molecular flexibility index (Phi) is 8.71. The van der Waals surface area contributed by atoms with E-state index in [4.69, 9.17) is 0 Å². The average molecular weight is 528 g/mol. The molecular weight excluding hydrogens is 503 g/mol. The summed E-state index contributed by atoms with van der Waals surface area (Å²) in [5, 5.41) is 0. The lowest BCUT2D eigenvalue weighted by Crippen LogP contribution is -2.26. The van der Waals surface area contributed by atoms with Crippen LogP contribution in [0.25, 0.3) is 0 Å². The topological polar surface area (TPSA) is 18.5 Å². The van der Waals surface area contributed by atoms with E-state index < -0.39 is 52.8 Å². The zero-order chi connectivity index (χ0) is 26.7. The predicted molar refractivity (Wildman–Crippen MR) is 113 cm³/mol. The van der Waals surface area contributed by atoms with E-state index >= 15 is 0 Å². The molecule has 0 radical (unpaired) electrons. The highest BCUT2D eigenvalue weighted by Gasteiger charge is 2.42. The van der Waals surface area contributed by atoms with Crippen molar-refractivity contribution in [2.24, 2.45) is 11.8 Å². The molecule has 0 aromatic heterocycles. The predicted octanol–water partition coefficient (Wildman–Crippen LogP) is 8.81. The Morgan fingerprint density at radius 3 is 1.69 bits per heavy atom. The lowest BCUT2D eigenvalue weighted by atomic mass is 9.78. The number of hydrogen-bond acceptors (Lipinski definition) is 2. The maximum atomic E-state index is 14.5. The first-order valence-electron chi connectivity index (χ1n) is 11.6. The number of hydrogen-bond donors (Lipinski definition) is 0. The van der Waals surface area contributed by atoms with Crippen molar-refractivity contribution in [3.05, 3.63) is 58.7 Å². The standard InChI is InChI=1S/C25H25F9O2/c1-2-3-14-4-6-15(7-5-14)8-9-16-10-18(26)22(19(27)11-16)24(30,31)35-17-12-20(28)23(21(29)13-17)36-25(32,33)34/h10-15H,2-9H2,1H3/t14-,15-. The van der Waals surface area contributed by atoms with Crippen LogP contribution < -0.4 is 9.47 Å². The third kappa shape index (κ3) is 7.22. The fourth-order valence-corrected chi connectivity index (χ4v) is 4.64. The van der Waals surface area contributed by atoms with E-state index in [-0.39, 0.29) is 24.1 Å². The molecule has 3 rings (SSSR count). The molecular formula is C25H25F9O2. The first kappa shape index (κ1) is 28.0. The number of aryl methyl sites for hydroxylation is 1. The van der Waals surface area contributed by atoms with Gasteiger partial charge < -0.3 is 9.47 Å². The second-order valence-corrected chi connectivity index (χ2v) is 9.03. The van der Waals surface area contributed by atoms with Crippen molar-refractivity contribution in [1.82, 2.24) is 0 Å². The van der Waals surface area contributed by atoms with E-state index in [1.54, 1.807) is 0 Å². The summed E-state index contributed by atoms with van der Waals surface area (Å²) >= 11 is 0. The first-order chi connectivity index (χ1) is 16.8. The molecule has 0 saturated heterocycles. The van der Waals surface area contributed by atoms with Crippen LogP contribution in [0.5, 0.6) is 11.5 Å². The quantitative estimate of drug-likeness (QED) is 0.303. The Bertz CT molecular complexity index is 998. The molecule has 0 atom stereocenters. The summed E-state index contributed by atoms with van der Waals surface area (Å²) in [4.78, 5) is 0. The molecule has 11 heteroatoms. The van der Waals surface area contributed by atoms with Crippen LogP contribution in [0.15, 0.2) is 24.3 Å². The second-order valence-electron chi connectivity index (χ2n) is 9.03. The summed E-state index contributed by atoms with van der Waals surface area (Å²) in [6.45, 7) is 2.13. The fourth-order valence-electron chi connectivity index (χ4n) is 4.64. The van der Waals surface area contributed by atoms with Crippen molar-refractivity contribution in [3.8, 4) is 11.5 Å². The molecule has 0 unspecified atom stereocenters. The van der Waals surface area contributed by atoms with Crippen molar-refractivity contribution in [1.29, 1.82) is 0 Å². The van der Waals surface area contributed by atoms with Gasteiger partial charge in [-0.1, -0.05) is 45.4 Å². The summed E-state index contributed by atoms with van der Waals surface area (Å²) in [7, 11) is 0. The number of ether oxygens (including phenoxy) is 2. The van der Waals surface area contributed by atoms with Crippen LogP contribution in [0.3, 0.4) is 0 Å². The Morgan fingerprint density at radius 1 is 0.722 bits per heavy atom. The minimum absolute atomic E-state index is 0.0164. The van der Waals surface area contributed by atoms with Gasteiger partial charge in [-0.3, -0.25) is 0 Å². The zero-order valence-corrected chi connectivity index (χ0v) is 19.3. The van der Waals surface area contributed by atoms with Crippen molar-refractivity contribution in [2.75, 3.05) is 0 Å². The van der Waals surface area contributed by atoms with Crippen LogP contribution in [0.2, 0.25) is 0 Å². The van der Waals surface area contributed by atoms with Gasteiger partial charge in [0, 0.05) is 12.1 Å². The van der Waals surface area contributed by atoms with Crippen molar-refractivity contribution >= 4 is 0 Å². The number of rotatable bonds is 9. The molecule has 0 heterocycles. The fraction of sp³-hybridized carbons (Fsp3) is 0.520. The summed E-state index contributed by atoms with van der Waals surface area (Å²) in [5.41, 5.74) is -1.62. The molecule has 200 valence electrons. The maximum absolute atomic E-state index is 14.5. The van der Waals surface area contributed by atoms with Gasteiger partial charge in [-0.25, -0.2) is 17.6 Å². The van der Waals surface area contributed by atoms with E-state index in [1.165, 1.54) is 6.42 Å². The van der Waals surface area contributed by atoms with Crippen molar-refractivity contribution in [3.63, 3.8) is 0 Å². The van der Waals surface area contributed by atoms with Gasteiger partial charge in [0.2, 0.25) is 5.75 Å². The monoisotopic (exact) mass is 528 g/mol. The summed E-state index contributed by atoms with van der Waals surface area (Å²) in [6, 6.07) is 1.47. The Labute approximate surface area is 202 Å². The lowest BCUT2D eigenvalue weighted by Gasteiger charge is -2.28. The second kappa shape index (κ2) is 11.2. The van der Waals surface area contributed by atoms with Crippen LogP contribution in [0, 0.1) is 35.1 Å². The Morgan fingerprint density at radius 2 is 1.22 bits per heavy atom. The molecule has 0 N–H and O–H groups in total. The van der Waals surface area contributed by atoms with Gasteiger partial charge >= 0.3 is 12.5 Å². The summed E-state index contributed by atoms with van der Waals surface area (Å²) < 4.78 is 130. The van der Waals surface area contributed by atoms with Crippen LogP contribution in [0.4, 0.5) is 39.5 Å². The molecule has 0 bridgehead atoms. The maximum Gasteiger partial charge on any atom is 0.573 e. The molecule has 0 spiro atoms. The largest absolute Gasteiger partial charge is 0.573 e. The van der Waals surface area contributed by atoms with Crippen LogP contribution >= 0.6 is 0 Å². The molecule has 1 fully saturated rings. The molecule has 1 saturated carbocycles. The van der Waals surface area contributed by atoms with Gasteiger partial charge in [0.1, 0.15) is 22.9 Å². The smallest absolute Gasteiger partial charge is 0.429 e. The van der Waals surface area contributed by atoms with E-state index in [1.807, 2.05) is 0 Å². The van der Waals surface area contributed by atoms with Gasteiger partial charge in [0.05, 0.1) is 0 Å². The van der Waals surface area contributed by atoms with Gasteiger partial charge in [0.25, 0.3) is 0 Å². The van der Waals surface area contributed by atoms with Gasteiger partial charge in [0.15, 0.2) is 11.6 Å². The van der Waals surface area contributed by atoms with E-state index in [0.717, 1.165) is 44.2 Å². The Hall–Kier alpha value is -2.59. The SMILES string of the molecule is CCC[C@H]1CC[C@H](CCc2cc(F)c(C(F)(F)Oc3cc(F)c(OC(F)(F)F)c(F)c3)c(F)c2)CC1. The van der Waals surface area contributed by atoms with Crippen LogP contribution in [-0.2, 0) is 12.5 Å². The highest BCUT2D eigenvalue weighted by molar-refractivity contribution is 5.36. The highest BCUT2D eigenvalue weighted by Crippen LogP contribution is 2.39. The molecule has 36 heavy (non-hydrogen) atoms. The van der Waals surface area contributed by atoms with Gasteiger partial charge in [-0.15, -0.1) is 13.2 Å². The zero-order valence-electron chi connectivity index (χ0n) is 19.3. The minimum atomic E-state index is -5.45. The average Bonchev–Trinajstić information content (AvgIpc) is 2.74. The van der Waals surface area contributed by atoms with Gasteiger partial charge in [-0.2, -0.15) is 8.78 Å². The van der Waals surface area contributed by atoms with Crippen molar-refractivity contribution < 1.29 is 49.0 Å². The molecule has 1 aliphatic rings. The summed E-state index contributed by atoms with van der Waals surface area (Å²) in [5.74, 6) is -9.37. The van der Waals surface area contributed by atoms with E-state index in [0.29, 0.717) is 18.3 Å². The first-order valence-corrected chi connectivity index (χ1v) is 11.6. The lowest BCUT2D eigenvalue weighted by molar-refractivity contribution is -0.276. The molecule has 2 aromatic rings. The number of alkyl halides is 5. The number of halogens is 9. The molecule has 2 nitrogen and oxygen atoms in total. The third-order valence-electron chi connectivity index (χ3n) is 6.33. The third-order valence-corrected chi connectivity index (χ3v) is 6.33. The summed E-state index contributed by atoms with van der Waals surface area (Å²) in [6.07, 6.45) is -2.77. The normalized spacial score (nSPS) is 18.8. The van der Waals surface area contributed by atoms with E-state index in [2.05, 4.69) is 16.4 Å². The highest BCUT2D eigenvalue weighted by atomic mass is 19.4. The molecule has 0 amide bonds. The number of benzene rings is 2. The molecule has 0 aliphatic heterocycles. The van der Waals surface area contributed by atoms with Crippen LogP contribution in [-0.4, -0.2) is 6.36 Å². The Balaban J connectivity index is 1.70. The minimum Gasteiger partial charge on any atom is -0.429 e. The van der Waals surface area contributed by atoms with Crippen molar-refractivity contribution in [2.45, 2.75) is 70.8 Å². The molecule has 1 aliphatic carbocycles. The van der Waals surface area contributed by atoms with Crippen LogP contribution in [0.1, 0.15) is 63.0 Å². The molecule has 2 aromatic carbocycles.